The number of guanidine groups is 1. The van der Waals surface area contributed by atoms with Gasteiger partial charge in [0.25, 0.3) is 0 Å². The Labute approximate surface area is 183 Å². The predicted molar refractivity (Wildman–Crippen MR) is 126 cm³/mol. The average Bonchev–Trinajstić information content (AvgIpc) is 3.04. The summed E-state index contributed by atoms with van der Waals surface area (Å²) in [6.07, 6.45) is 7.12. The molecule has 1 aliphatic heterocycles. The number of halogens is 1. The highest BCUT2D eigenvalue weighted by atomic mass is 127. The van der Waals surface area contributed by atoms with Crippen LogP contribution in [0.1, 0.15) is 43.0 Å². The first-order valence-electron chi connectivity index (χ1n) is 9.59. The molecule has 0 saturated carbocycles. The van der Waals surface area contributed by atoms with E-state index in [9.17, 15) is 0 Å². The fraction of sp³-hybridized carbons (Fsp3) is 0.500. The van der Waals surface area contributed by atoms with E-state index in [1.807, 2.05) is 6.20 Å². The molecule has 0 atom stereocenters. The van der Waals surface area contributed by atoms with Crippen LogP contribution in [0.5, 0.6) is 0 Å². The number of rotatable bonds is 6. The van der Waals surface area contributed by atoms with Gasteiger partial charge in [-0.15, -0.1) is 35.3 Å². The van der Waals surface area contributed by atoms with Crippen LogP contribution < -0.4 is 15.5 Å². The second-order valence-electron chi connectivity index (χ2n) is 6.55. The van der Waals surface area contributed by atoms with Crippen molar-refractivity contribution in [2.45, 2.75) is 45.7 Å². The molecule has 7 heteroatoms. The maximum atomic E-state index is 4.74. The normalized spacial score (nSPS) is 15.0. The van der Waals surface area contributed by atoms with Crippen LogP contribution in [0.3, 0.4) is 0 Å². The van der Waals surface area contributed by atoms with E-state index in [0.717, 1.165) is 38.0 Å². The lowest BCUT2D eigenvalue weighted by molar-refractivity contribution is 0.726. The Balaban J connectivity index is 0.00000261. The lowest BCUT2D eigenvalue weighted by Gasteiger charge is -2.21. The number of pyridine rings is 1. The molecule has 0 spiro atoms. The van der Waals surface area contributed by atoms with Gasteiger partial charge in [0.15, 0.2) is 5.96 Å². The zero-order valence-electron chi connectivity index (χ0n) is 16.0. The Kier molecular flexibility index (Phi) is 9.90. The molecule has 0 aliphatic carbocycles. The monoisotopic (exact) mass is 499 g/mol. The molecule has 3 heterocycles. The molecule has 5 nitrogen and oxygen atoms in total. The van der Waals surface area contributed by atoms with Crippen LogP contribution in [0.2, 0.25) is 0 Å². The predicted octanol–water partition coefficient (Wildman–Crippen LogP) is 4.40. The van der Waals surface area contributed by atoms with Crippen molar-refractivity contribution in [2.75, 3.05) is 24.5 Å². The van der Waals surface area contributed by atoms with Crippen LogP contribution in [-0.4, -0.2) is 30.6 Å². The van der Waals surface area contributed by atoms with E-state index < -0.39 is 0 Å². The van der Waals surface area contributed by atoms with Gasteiger partial charge in [-0.3, -0.25) is 0 Å². The fourth-order valence-electron chi connectivity index (χ4n) is 3.13. The summed E-state index contributed by atoms with van der Waals surface area (Å²) in [6.45, 7) is 6.63. The van der Waals surface area contributed by atoms with Gasteiger partial charge >= 0.3 is 0 Å². The third-order valence-corrected chi connectivity index (χ3v) is 5.39. The Morgan fingerprint density at radius 3 is 2.70 bits per heavy atom. The van der Waals surface area contributed by atoms with Crippen LogP contribution in [0.25, 0.3) is 0 Å². The minimum absolute atomic E-state index is 0. The smallest absolute Gasteiger partial charge is 0.191 e. The number of hydrogen-bond acceptors (Lipinski definition) is 4. The minimum Gasteiger partial charge on any atom is -0.357 e. The lowest BCUT2D eigenvalue weighted by Crippen LogP contribution is -2.36. The van der Waals surface area contributed by atoms with Gasteiger partial charge < -0.3 is 15.5 Å². The van der Waals surface area contributed by atoms with Crippen molar-refractivity contribution >= 4 is 47.1 Å². The third-order valence-electron chi connectivity index (χ3n) is 4.51. The van der Waals surface area contributed by atoms with Crippen molar-refractivity contribution in [1.82, 2.24) is 15.6 Å². The highest BCUT2D eigenvalue weighted by molar-refractivity contribution is 14.0. The van der Waals surface area contributed by atoms with Gasteiger partial charge in [0.1, 0.15) is 5.82 Å². The van der Waals surface area contributed by atoms with Crippen molar-refractivity contribution in [2.24, 2.45) is 4.99 Å². The summed E-state index contributed by atoms with van der Waals surface area (Å²) in [5.41, 5.74) is 1.20. The molecule has 2 aromatic rings. The molecule has 3 rings (SSSR count). The molecule has 27 heavy (non-hydrogen) atoms. The molecule has 1 fully saturated rings. The zero-order chi connectivity index (χ0) is 18.0. The van der Waals surface area contributed by atoms with Crippen molar-refractivity contribution in [1.29, 1.82) is 0 Å². The molecule has 1 aliphatic rings. The summed E-state index contributed by atoms with van der Waals surface area (Å²) >= 11 is 1.76. The summed E-state index contributed by atoms with van der Waals surface area (Å²) in [4.78, 5) is 13.1. The summed E-state index contributed by atoms with van der Waals surface area (Å²) in [5.74, 6) is 1.95. The lowest BCUT2D eigenvalue weighted by atomic mass is 10.2. The Hall–Kier alpha value is -1.35. The van der Waals surface area contributed by atoms with Gasteiger partial charge in [-0.1, -0.05) is 18.9 Å². The Morgan fingerprint density at radius 2 is 2.00 bits per heavy atom. The van der Waals surface area contributed by atoms with E-state index in [4.69, 9.17) is 4.99 Å². The highest BCUT2D eigenvalue weighted by Crippen LogP contribution is 2.18. The van der Waals surface area contributed by atoms with Crippen molar-refractivity contribution in [3.8, 4) is 0 Å². The van der Waals surface area contributed by atoms with E-state index in [2.05, 4.69) is 57.1 Å². The van der Waals surface area contributed by atoms with Gasteiger partial charge in [-0.25, -0.2) is 9.98 Å². The molecule has 0 aromatic carbocycles. The van der Waals surface area contributed by atoms with Crippen LogP contribution in [0.4, 0.5) is 5.82 Å². The van der Waals surface area contributed by atoms with Crippen LogP contribution in [0, 0.1) is 0 Å². The molecular weight excluding hydrogens is 469 g/mol. The van der Waals surface area contributed by atoms with E-state index in [-0.39, 0.29) is 24.0 Å². The Morgan fingerprint density at radius 1 is 1.19 bits per heavy atom. The quantitative estimate of drug-likeness (QED) is 0.352. The van der Waals surface area contributed by atoms with Gasteiger partial charge in [0, 0.05) is 30.7 Å². The summed E-state index contributed by atoms with van der Waals surface area (Å²) in [7, 11) is 0. The average molecular weight is 499 g/mol. The van der Waals surface area contributed by atoms with E-state index in [1.54, 1.807) is 11.3 Å². The first-order chi connectivity index (χ1) is 12.8. The molecule has 0 bridgehead atoms. The molecular formula is C20H30IN5S. The van der Waals surface area contributed by atoms with Gasteiger partial charge in [-0.05, 0) is 48.9 Å². The first kappa shape index (κ1) is 21.9. The molecule has 0 amide bonds. The number of nitrogens with one attached hydrogen (secondary N) is 2. The molecule has 0 radical (unpaired) electrons. The van der Waals surface area contributed by atoms with Crippen molar-refractivity contribution < 1.29 is 0 Å². The second kappa shape index (κ2) is 12.2. The molecule has 0 unspecified atom stereocenters. The number of hydrogen-bond donors (Lipinski definition) is 2. The van der Waals surface area contributed by atoms with Gasteiger partial charge in [0.2, 0.25) is 0 Å². The van der Waals surface area contributed by atoms with Gasteiger partial charge in [-0.2, -0.15) is 0 Å². The zero-order valence-corrected chi connectivity index (χ0v) is 19.1. The molecule has 148 valence electrons. The first-order valence-corrected chi connectivity index (χ1v) is 10.5. The molecule has 2 aromatic heterocycles. The van der Waals surface area contributed by atoms with Crippen molar-refractivity contribution in [3.63, 3.8) is 0 Å². The van der Waals surface area contributed by atoms with E-state index in [0.29, 0.717) is 6.54 Å². The second-order valence-corrected chi connectivity index (χ2v) is 7.58. The maximum absolute atomic E-state index is 4.74. The fourth-order valence-corrected chi connectivity index (χ4v) is 3.77. The molecule has 1 saturated heterocycles. The molecule has 2 N–H and O–H groups in total. The third kappa shape index (κ3) is 7.29. The topological polar surface area (TPSA) is 52.6 Å². The van der Waals surface area contributed by atoms with Crippen LogP contribution in [0.15, 0.2) is 40.8 Å². The van der Waals surface area contributed by atoms with Crippen LogP contribution in [-0.2, 0) is 13.1 Å². The summed E-state index contributed by atoms with van der Waals surface area (Å²) in [5, 5.41) is 8.82. The standard InChI is InChI=1S/C20H29N5S.HI/c1-2-21-20(24-16-18-8-7-13-26-18)23-15-17-9-10-22-19(14-17)25-11-5-3-4-6-12-25;/h7-10,13-14H,2-6,11-12,15-16H2,1H3,(H2,21,23,24);1H. The largest absolute Gasteiger partial charge is 0.357 e. The van der Waals surface area contributed by atoms with E-state index >= 15 is 0 Å². The van der Waals surface area contributed by atoms with Crippen LogP contribution >= 0.6 is 35.3 Å². The Bertz CT molecular complexity index is 681. The summed E-state index contributed by atoms with van der Waals surface area (Å²) in [6, 6.07) is 8.47. The number of aromatic nitrogens is 1. The number of thiophene rings is 1. The number of nitrogens with zero attached hydrogens (tertiary/aromatic N) is 3. The number of anilines is 1. The van der Waals surface area contributed by atoms with Crippen molar-refractivity contribution in [3.05, 3.63) is 46.3 Å². The summed E-state index contributed by atoms with van der Waals surface area (Å²) < 4.78 is 0. The SMILES string of the molecule is CCNC(=NCc1ccnc(N2CCCCCC2)c1)NCc1cccs1.I. The highest BCUT2D eigenvalue weighted by Gasteiger charge is 2.11. The minimum atomic E-state index is 0. The number of aliphatic imine (C=N–C) groups is 1. The maximum Gasteiger partial charge on any atom is 0.191 e. The van der Waals surface area contributed by atoms with E-state index in [1.165, 1.54) is 36.1 Å². The van der Waals surface area contributed by atoms with Gasteiger partial charge in [0.05, 0.1) is 13.1 Å².